The van der Waals surface area contributed by atoms with Crippen molar-refractivity contribution in [3.8, 4) is 5.75 Å². The minimum atomic E-state index is -3.83. The van der Waals surface area contributed by atoms with Crippen LogP contribution in [-0.2, 0) is 4.79 Å². The number of ether oxygens (including phenoxy) is 1. The van der Waals surface area contributed by atoms with E-state index in [1.165, 1.54) is 30.3 Å². The van der Waals surface area contributed by atoms with Crippen LogP contribution in [0.4, 0.5) is 20.3 Å². The summed E-state index contributed by atoms with van der Waals surface area (Å²) in [6.45, 7) is 0. The number of nitrogens with one attached hydrogen (secondary N) is 2. The van der Waals surface area contributed by atoms with Crippen LogP contribution in [-0.4, -0.2) is 22.4 Å². The normalized spacial score (nSPS) is 13.8. The number of benzene rings is 1. The minimum absolute atomic E-state index is 0.0318. The van der Waals surface area contributed by atoms with E-state index in [-0.39, 0.29) is 34.1 Å². The predicted molar refractivity (Wildman–Crippen MR) is 104 cm³/mol. The second-order valence-corrected chi connectivity index (χ2v) is 7.60. The van der Waals surface area contributed by atoms with Gasteiger partial charge in [-0.3, -0.25) is 9.59 Å². The molecule has 0 radical (unpaired) electrons. The average Bonchev–Trinajstić information content (AvgIpc) is 3.43. The molecule has 28 heavy (non-hydrogen) atoms. The number of carbonyl (C=O) groups excluding carboxylic acids is 2. The van der Waals surface area contributed by atoms with Gasteiger partial charge in [-0.2, -0.15) is 0 Å². The van der Waals surface area contributed by atoms with E-state index >= 15 is 0 Å². The number of pyridine rings is 1. The molecule has 11 heteroatoms. The zero-order valence-electron chi connectivity index (χ0n) is 13.9. The van der Waals surface area contributed by atoms with E-state index < -0.39 is 11.5 Å². The summed E-state index contributed by atoms with van der Waals surface area (Å²) in [6.07, 6.45) is 1.57. The first-order valence-electron chi connectivity index (χ1n) is 7.96. The van der Waals surface area contributed by atoms with Crippen molar-refractivity contribution in [2.45, 2.75) is 18.4 Å². The molecule has 3 rings (SSSR count). The Morgan fingerprint density at radius 3 is 2.43 bits per heavy atom. The summed E-state index contributed by atoms with van der Waals surface area (Å²) in [5.74, 6) is -1.04. The van der Waals surface area contributed by atoms with Crippen LogP contribution in [0.25, 0.3) is 0 Å². The monoisotopic (exact) mass is 493 g/mol. The fourth-order valence-corrected chi connectivity index (χ4v) is 2.78. The van der Waals surface area contributed by atoms with Gasteiger partial charge in [-0.1, -0.05) is 11.6 Å². The van der Waals surface area contributed by atoms with Crippen molar-refractivity contribution in [1.82, 2.24) is 4.98 Å². The number of aromatic nitrogens is 1. The molecular formula is C17H12BrCl2F2N3O3. The van der Waals surface area contributed by atoms with Crippen LogP contribution >= 0.6 is 39.1 Å². The van der Waals surface area contributed by atoms with Gasteiger partial charge in [-0.25, -0.2) is 4.98 Å². The van der Waals surface area contributed by atoms with Gasteiger partial charge in [0.05, 0.1) is 10.0 Å². The molecule has 0 atom stereocenters. The molecule has 2 N–H and O–H groups in total. The molecule has 148 valence electrons. The predicted octanol–water partition coefficient (Wildman–Crippen LogP) is 5.27. The Labute approximate surface area is 176 Å². The molecule has 1 heterocycles. The Kier molecular flexibility index (Phi) is 6.07. The van der Waals surface area contributed by atoms with Crippen LogP contribution in [0.3, 0.4) is 0 Å². The van der Waals surface area contributed by atoms with Gasteiger partial charge in [0.25, 0.3) is 5.91 Å². The van der Waals surface area contributed by atoms with E-state index in [2.05, 4.69) is 36.3 Å². The van der Waals surface area contributed by atoms with Gasteiger partial charge in [0.15, 0.2) is 0 Å². The summed E-state index contributed by atoms with van der Waals surface area (Å²) < 4.78 is 29.9. The van der Waals surface area contributed by atoms with Crippen LogP contribution in [0, 0.1) is 5.92 Å². The molecule has 1 aliphatic carbocycles. The van der Waals surface area contributed by atoms with Gasteiger partial charge in [-0.05, 0) is 59.1 Å². The smallest absolute Gasteiger partial charge is 0.420 e. The lowest BCUT2D eigenvalue weighted by Crippen LogP contribution is -2.20. The second kappa shape index (κ2) is 8.18. The van der Waals surface area contributed by atoms with Gasteiger partial charge < -0.3 is 15.4 Å². The molecular weight excluding hydrogens is 483 g/mol. The molecule has 1 aromatic carbocycles. The first-order valence-corrected chi connectivity index (χ1v) is 9.51. The molecule has 1 aromatic heterocycles. The first-order chi connectivity index (χ1) is 13.1. The number of anilines is 2. The Morgan fingerprint density at radius 1 is 1.21 bits per heavy atom. The summed E-state index contributed by atoms with van der Waals surface area (Å²) in [6, 6.07) is 6.58. The highest BCUT2D eigenvalue weighted by Crippen LogP contribution is 2.32. The van der Waals surface area contributed by atoms with E-state index in [0.717, 1.165) is 12.8 Å². The largest absolute Gasteiger partial charge is 0.487 e. The number of carbonyl (C=O) groups is 2. The third-order valence-electron chi connectivity index (χ3n) is 3.71. The molecule has 0 spiro atoms. The van der Waals surface area contributed by atoms with E-state index in [9.17, 15) is 18.4 Å². The van der Waals surface area contributed by atoms with Crippen LogP contribution < -0.4 is 15.4 Å². The van der Waals surface area contributed by atoms with Crippen LogP contribution in [0.15, 0.2) is 34.8 Å². The summed E-state index contributed by atoms with van der Waals surface area (Å²) in [5, 5.41) is 5.28. The van der Waals surface area contributed by atoms with Crippen LogP contribution in [0.5, 0.6) is 5.75 Å². The number of nitrogens with zero attached hydrogens (tertiary/aromatic N) is 1. The van der Waals surface area contributed by atoms with Gasteiger partial charge in [0.2, 0.25) is 5.91 Å². The molecule has 0 unspecified atom stereocenters. The fourth-order valence-electron chi connectivity index (χ4n) is 2.24. The average molecular weight is 495 g/mol. The molecule has 6 nitrogen and oxygen atoms in total. The third-order valence-corrected chi connectivity index (χ3v) is 4.91. The lowest BCUT2D eigenvalue weighted by molar-refractivity contribution is -0.117. The standard InChI is InChI=1S/C17H12BrCl2F2N3O3/c18-12-7-11(14(24-13(12)19)25-15(26)8-1-2-8)16(27)23-9-3-5-10(6-4-9)28-17(20,21)22/h3-8H,1-2H2,(H,23,27)(H,24,25,26). The van der Waals surface area contributed by atoms with Gasteiger partial charge in [0, 0.05) is 23.2 Å². The number of hydrogen-bond donors (Lipinski definition) is 2. The van der Waals surface area contributed by atoms with Gasteiger partial charge in [0.1, 0.15) is 16.7 Å². The maximum absolute atomic E-state index is 12.6. The zero-order chi connectivity index (χ0) is 20.5. The van der Waals surface area contributed by atoms with E-state index in [1.807, 2.05) is 0 Å². The van der Waals surface area contributed by atoms with Crippen LogP contribution in [0.1, 0.15) is 23.2 Å². The van der Waals surface area contributed by atoms with Crippen molar-refractivity contribution in [2.75, 3.05) is 10.6 Å². The summed E-state index contributed by atoms with van der Waals surface area (Å²) in [5.41, 5.74) is -3.44. The van der Waals surface area contributed by atoms with E-state index in [0.29, 0.717) is 10.2 Å². The molecule has 1 aliphatic rings. The van der Waals surface area contributed by atoms with Crippen molar-refractivity contribution in [3.63, 3.8) is 0 Å². The topological polar surface area (TPSA) is 80.3 Å². The molecule has 1 saturated carbocycles. The summed E-state index contributed by atoms with van der Waals surface area (Å²) in [4.78, 5) is 28.7. The summed E-state index contributed by atoms with van der Waals surface area (Å²) >= 11 is 13.9. The Hall–Kier alpha value is -1.97. The Morgan fingerprint density at radius 2 is 1.86 bits per heavy atom. The maximum Gasteiger partial charge on any atom is 0.487 e. The maximum atomic E-state index is 12.6. The van der Waals surface area contributed by atoms with Crippen molar-refractivity contribution < 1.29 is 23.1 Å². The van der Waals surface area contributed by atoms with Gasteiger partial charge in [-0.15, -0.1) is 8.78 Å². The van der Waals surface area contributed by atoms with Gasteiger partial charge >= 0.3 is 5.57 Å². The Bertz CT molecular complexity index is 919. The third kappa shape index (κ3) is 5.52. The fraction of sp³-hybridized carbons (Fsp3) is 0.235. The number of hydrogen-bond acceptors (Lipinski definition) is 4. The number of halogens is 5. The molecule has 0 bridgehead atoms. The second-order valence-electron chi connectivity index (χ2n) is 5.95. The number of alkyl halides is 3. The number of amides is 2. The van der Waals surface area contributed by atoms with Crippen molar-refractivity contribution in [2.24, 2.45) is 5.92 Å². The molecule has 1 fully saturated rings. The van der Waals surface area contributed by atoms with Crippen molar-refractivity contribution in [3.05, 3.63) is 45.5 Å². The van der Waals surface area contributed by atoms with E-state index in [1.54, 1.807) is 0 Å². The SMILES string of the molecule is O=C(Nc1ccc(OC(F)(F)Cl)cc1)c1cc(Br)c(Cl)nc1NC(=O)C1CC1. The van der Waals surface area contributed by atoms with E-state index in [4.69, 9.17) is 23.2 Å². The van der Waals surface area contributed by atoms with Crippen LogP contribution in [0.2, 0.25) is 5.15 Å². The zero-order valence-corrected chi connectivity index (χ0v) is 17.0. The first kappa shape index (κ1) is 20.8. The quantitative estimate of drug-likeness (QED) is 0.423. The Balaban J connectivity index is 1.77. The molecule has 2 amide bonds. The lowest BCUT2D eigenvalue weighted by atomic mass is 10.2. The molecule has 0 saturated heterocycles. The minimum Gasteiger partial charge on any atom is -0.420 e. The molecule has 2 aromatic rings. The number of rotatable bonds is 6. The highest BCUT2D eigenvalue weighted by atomic mass is 79.9. The summed E-state index contributed by atoms with van der Waals surface area (Å²) in [7, 11) is 0. The van der Waals surface area contributed by atoms with Crippen molar-refractivity contribution in [1.29, 1.82) is 0 Å². The highest BCUT2D eigenvalue weighted by Gasteiger charge is 2.31. The molecule has 0 aliphatic heterocycles. The highest BCUT2D eigenvalue weighted by molar-refractivity contribution is 9.10. The lowest BCUT2D eigenvalue weighted by Gasteiger charge is -2.13. The van der Waals surface area contributed by atoms with Crippen molar-refractivity contribution >= 4 is 62.5 Å².